The maximum Gasteiger partial charge on any atom is 0.107 e. The Bertz CT molecular complexity index is 416. The molecule has 1 aromatic carbocycles. The van der Waals surface area contributed by atoms with Gasteiger partial charge in [-0.25, -0.2) is 0 Å². The summed E-state index contributed by atoms with van der Waals surface area (Å²) in [5.41, 5.74) is 0.999. The van der Waals surface area contributed by atoms with E-state index in [0.29, 0.717) is 0 Å². The number of rotatable bonds is 4. The van der Waals surface area contributed by atoms with E-state index in [9.17, 15) is 5.11 Å². The fourth-order valence-corrected chi connectivity index (χ4v) is 3.79. The molecular weight excluding hydrogens is 224 g/mol. The molecule has 0 aromatic heterocycles. The van der Waals surface area contributed by atoms with E-state index >= 15 is 0 Å². The normalized spacial score (nSPS) is 13.9. The molecule has 0 unspecified atom stereocenters. The van der Waals surface area contributed by atoms with Gasteiger partial charge in [-0.05, 0) is 19.4 Å². The van der Waals surface area contributed by atoms with Crippen molar-refractivity contribution < 1.29 is 5.11 Å². The number of aliphatic hydroxyl groups is 1. The fourth-order valence-electron chi connectivity index (χ4n) is 1.76. The van der Waals surface area contributed by atoms with Crippen LogP contribution in [-0.4, -0.2) is 19.8 Å². The van der Waals surface area contributed by atoms with Crippen LogP contribution in [0.3, 0.4) is 0 Å². The number of benzene rings is 1. The highest BCUT2D eigenvalue weighted by molar-refractivity contribution is 6.95. The average molecular weight is 246 g/mol. The zero-order chi connectivity index (χ0) is 12.9. The predicted octanol–water partition coefficient (Wildman–Crippen LogP) is 3.03. The van der Waals surface area contributed by atoms with Crippen LogP contribution >= 0.6 is 0 Å². The summed E-state index contributed by atoms with van der Waals surface area (Å²) >= 11 is 0. The zero-order valence-corrected chi connectivity index (χ0v) is 12.2. The Morgan fingerprint density at radius 1 is 1.24 bits per heavy atom. The van der Waals surface area contributed by atoms with Crippen LogP contribution in [0.2, 0.25) is 13.1 Å². The molecule has 1 rings (SSSR count). The van der Waals surface area contributed by atoms with Gasteiger partial charge in [-0.3, -0.25) is 0 Å². The highest BCUT2D eigenvalue weighted by Crippen LogP contribution is 2.16. The Kier molecular flexibility index (Phi) is 4.91. The molecule has 1 nitrogen and oxygen atoms in total. The van der Waals surface area contributed by atoms with Gasteiger partial charge in [0.05, 0.1) is 6.61 Å². The summed E-state index contributed by atoms with van der Waals surface area (Å²) in [6.45, 7) is 8.95. The van der Waals surface area contributed by atoms with Crippen LogP contribution in [0.1, 0.15) is 13.8 Å². The lowest BCUT2D eigenvalue weighted by Crippen LogP contribution is -2.42. The van der Waals surface area contributed by atoms with Crippen molar-refractivity contribution in [2.24, 2.45) is 0 Å². The van der Waals surface area contributed by atoms with E-state index in [0.717, 1.165) is 5.57 Å². The smallest absolute Gasteiger partial charge is 0.107 e. The number of hydrogen-bond donors (Lipinski definition) is 1. The third kappa shape index (κ3) is 3.41. The molecule has 0 aliphatic carbocycles. The van der Waals surface area contributed by atoms with Crippen LogP contribution in [0, 0.1) is 0 Å². The second-order valence-corrected chi connectivity index (χ2v) is 9.46. The maximum atomic E-state index is 9.21. The monoisotopic (exact) mass is 246 g/mol. The van der Waals surface area contributed by atoms with E-state index in [1.807, 2.05) is 13.0 Å². The first-order valence-electron chi connectivity index (χ1n) is 6.02. The topological polar surface area (TPSA) is 20.2 Å². The van der Waals surface area contributed by atoms with Crippen molar-refractivity contribution in [1.82, 2.24) is 0 Å². The molecule has 1 aromatic rings. The second-order valence-electron chi connectivity index (χ2n) is 4.84. The van der Waals surface area contributed by atoms with Crippen molar-refractivity contribution in [1.29, 1.82) is 0 Å². The minimum Gasteiger partial charge on any atom is -0.392 e. The first-order chi connectivity index (χ1) is 8.02. The SMILES string of the molecule is C/C=C(\C=C(/C)[Si](C)(C)c1ccccc1)CO. The molecule has 0 saturated carbocycles. The summed E-state index contributed by atoms with van der Waals surface area (Å²) < 4.78 is 0. The molecule has 0 spiro atoms. The molecule has 0 atom stereocenters. The zero-order valence-electron chi connectivity index (χ0n) is 11.2. The molecular formula is C15H22OSi. The van der Waals surface area contributed by atoms with Crippen LogP contribution in [-0.2, 0) is 0 Å². The van der Waals surface area contributed by atoms with Crippen LogP contribution in [0.5, 0.6) is 0 Å². The lowest BCUT2D eigenvalue weighted by Gasteiger charge is -2.24. The lowest BCUT2D eigenvalue weighted by atomic mass is 10.2. The van der Waals surface area contributed by atoms with Gasteiger partial charge >= 0.3 is 0 Å². The minimum absolute atomic E-state index is 0.118. The maximum absolute atomic E-state index is 9.21. The van der Waals surface area contributed by atoms with Crippen LogP contribution in [0.4, 0.5) is 0 Å². The molecule has 0 bridgehead atoms. The molecule has 17 heavy (non-hydrogen) atoms. The number of hydrogen-bond acceptors (Lipinski definition) is 1. The van der Waals surface area contributed by atoms with E-state index < -0.39 is 8.07 Å². The van der Waals surface area contributed by atoms with E-state index in [1.165, 1.54) is 10.4 Å². The Morgan fingerprint density at radius 3 is 2.29 bits per heavy atom. The molecule has 0 saturated heterocycles. The van der Waals surface area contributed by atoms with E-state index in [4.69, 9.17) is 0 Å². The van der Waals surface area contributed by atoms with Crippen molar-refractivity contribution in [2.45, 2.75) is 26.9 Å². The Morgan fingerprint density at radius 2 is 1.82 bits per heavy atom. The Labute approximate surface area is 106 Å². The van der Waals surface area contributed by atoms with Crippen LogP contribution in [0.25, 0.3) is 0 Å². The summed E-state index contributed by atoms with van der Waals surface area (Å²) in [6.07, 6.45) is 4.11. The van der Waals surface area contributed by atoms with Gasteiger partial charge in [-0.1, -0.05) is 66.0 Å². The van der Waals surface area contributed by atoms with Crippen molar-refractivity contribution >= 4 is 13.3 Å². The highest BCUT2D eigenvalue weighted by atomic mass is 28.3. The van der Waals surface area contributed by atoms with Gasteiger partial charge in [0.15, 0.2) is 0 Å². The highest BCUT2D eigenvalue weighted by Gasteiger charge is 2.25. The fraction of sp³-hybridized carbons (Fsp3) is 0.333. The van der Waals surface area contributed by atoms with Crippen LogP contribution in [0.15, 0.2) is 53.3 Å². The second kappa shape index (κ2) is 5.99. The molecule has 0 heterocycles. The van der Waals surface area contributed by atoms with Crippen LogP contribution < -0.4 is 5.19 Å². The standard InChI is InChI=1S/C15H22OSi/c1-5-14(12-16)11-13(2)17(3,4)15-9-7-6-8-10-15/h5-11,16H,12H2,1-4H3/b13-11+,14-5+. The van der Waals surface area contributed by atoms with Gasteiger partial charge in [-0.15, -0.1) is 0 Å². The quantitative estimate of drug-likeness (QED) is 0.639. The molecule has 0 radical (unpaired) electrons. The first-order valence-corrected chi connectivity index (χ1v) is 9.02. The molecule has 1 N–H and O–H groups in total. The molecule has 2 heteroatoms. The summed E-state index contributed by atoms with van der Waals surface area (Å²) in [5.74, 6) is 0. The van der Waals surface area contributed by atoms with E-state index in [-0.39, 0.29) is 6.61 Å². The first kappa shape index (κ1) is 13.9. The molecule has 0 fully saturated rings. The lowest BCUT2D eigenvalue weighted by molar-refractivity contribution is 0.334. The van der Waals surface area contributed by atoms with Crippen molar-refractivity contribution in [3.8, 4) is 0 Å². The van der Waals surface area contributed by atoms with Gasteiger partial charge < -0.3 is 5.11 Å². The van der Waals surface area contributed by atoms with Gasteiger partial charge in [0.25, 0.3) is 0 Å². The predicted molar refractivity (Wildman–Crippen MR) is 78.2 cm³/mol. The number of allylic oxidation sites excluding steroid dienone is 2. The Balaban J connectivity index is 3.06. The molecule has 0 aliphatic rings. The van der Waals surface area contributed by atoms with Gasteiger partial charge in [0, 0.05) is 0 Å². The number of aliphatic hydroxyl groups excluding tert-OH is 1. The van der Waals surface area contributed by atoms with Crippen molar-refractivity contribution in [2.75, 3.05) is 6.61 Å². The third-order valence-corrected chi connectivity index (χ3v) is 7.33. The van der Waals surface area contributed by atoms with Crippen molar-refractivity contribution in [3.05, 3.63) is 53.3 Å². The third-order valence-electron chi connectivity index (χ3n) is 3.44. The minimum atomic E-state index is -1.57. The van der Waals surface area contributed by atoms with Gasteiger partial charge in [0.1, 0.15) is 8.07 Å². The summed E-state index contributed by atoms with van der Waals surface area (Å²) in [5, 5.41) is 12.0. The summed E-state index contributed by atoms with van der Waals surface area (Å²) in [6, 6.07) is 10.7. The van der Waals surface area contributed by atoms with Crippen molar-refractivity contribution in [3.63, 3.8) is 0 Å². The van der Waals surface area contributed by atoms with Gasteiger partial charge in [0.2, 0.25) is 0 Å². The molecule has 0 aliphatic heterocycles. The van der Waals surface area contributed by atoms with Gasteiger partial charge in [-0.2, -0.15) is 0 Å². The molecule has 0 amide bonds. The molecule has 92 valence electrons. The van der Waals surface area contributed by atoms with E-state index in [1.54, 1.807) is 0 Å². The Hall–Kier alpha value is -1.12. The van der Waals surface area contributed by atoms with E-state index in [2.05, 4.69) is 56.4 Å². The summed E-state index contributed by atoms with van der Waals surface area (Å²) in [4.78, 5) is 0. The largest absolute Gasteiger partial charge is 0.392 e. The average Bonchev–Trinajstić information content (AvgIpc) is 2.36. The summed E-state index contributed by atoms with van der Waals surface area (Å²) in [7, 11) is -1.57.